The molecule has 2 N–H and O–H groups in total. The van der Waals surface area contributed by atoms with Gasteiger partial charge in [0, 0.05) is 4.47 Å². The summed E-state index contributed by atoms with van der Waals surface area (Å²) >= 11 is 3.27. The number of amides is 1. The molecule has 0 aliphatic heterocycles. The van der Waals surface area contributed by atoms with Crippen LogP contribution in [-0.2, 0) is 14.9 Å². The van der Waals surface area contributed by atoms with Crippen LogP contribution in [0.15, 0.2) is 51.8 Å². The van der Waals surface area contributed by atoms with E-state index in [1.165, 1.54) is 37.4 Å². The Hall–Kier alpha value is -2.59. The maximum Gasteiger partial charge on any atom is 0.413 e. The Morgan fingerprint density at radius 2 is 1.92 bits per heavy atom. The van der Waals surface area contributed by atoms with Gasteiger partial charge in [-0.3, -0.25) is 5.32 Å². The maximum absolute atomic E-state index is 12.4. The SMILES string of the molecule is COC(=O)Nc1nc2cc(S(=O)(=O)Oc3ccc(Br)cc3)ccc2[nH]1. The van der Waals surface area contributed by atoms with Crippen molar-refractivity contribution in [2.45, 2.75) is 4.90 Å². The predicted molar refractivity (Wildman–Crippen MR) is 94.1 cm³/mol. The van der Waals surface area contributed by atoms with Crippen molar-refractivity contribution in [3.8, 4) is 5.75 Å². The van der Waals surface area contributed by atoms with E-state index in [0.717, 1.165) is 4.47 Å². The molecule has 3 rings (SSSR count). The van der Waals surface area contributed by atoms with Gasteiger partial charge < -0.3 is 13.9 Å². The van der Waals surface area contributed by atoms with Gasteiger partial charge in [-0.05, 0) is 42.5 Å². The lowest BCUT2D eigenvalue weighted by atomic mass is 10.3. The highest BCUT2D eigenvalue weighted by atomic mass is 79.9. The van der Waals surface area contributed by atoms with Crippen molar-refractivity contribution in [1.82, 2.24) is 9.97 Å². The highest BCUT2D eigenvalue weighted by molar-refractivity contribution is 9.10. The highest BCUT2D eigenvalue weighted by Gasteiger charge is 2.18. The largest absolute Gasteiger partial charge is 0.453 e. The van der Waals surface area contributed by atoms with Crippen LogP contribution in [0.5, 0.6) is 5.75 Å². The van der Waals surface area contributed by atoms with Crippen LogP contribution in [0.3, 0.4) is 0 Å². The van der Waals surface area contributed by atoms with Crippen molar-refractivity contribution in [3.63, 3.8) is 0 Å². The number of benzene rings is 2. The molecule has 0 fully saturated rings. The van der Waals surface area contributed by atoms with Crippen LogP contribution in [0.4, 0.5) is 10.7 Å². The maximum atomic E-state index is 12.4. The van der Waals surface area contributed by atoms with Gasteiger partial charge in [-0.2, -0.15) is 8.42 Å². The second kappa shape index (κ2) is 6.73. The Labute approximate surface area is 151 Å². The van der Waals surface area contributed by atoms with Crippen LogP contribution in [-0.4, -0.2) is 31.6 Å². The van der Waals surface area contributed by atoms with Crippen molar-refractivity contribution in [1.29, 1.82) is 0 Å². The van der Waals surface area contributed by atoms with E-state index in [9.17, 15) is 13.2 Å². The van der Waals surface area contributed by atoms with Crippen molar-refractivity contribution in [3.05, 3.63) is 46.9 Å². The van der Waals surface area contributed by atoms with E-state index in [1.807, 2.05) is 0 Å². The fourth-order valence-electron chi connectivity index (χ4n) is 2.01. The summed E-state index contributed by atoms with van der Waals surface area (Å²) in [6.07, 6.45) is -0.689. The van der Waals surface area contributed by atoms with Gasteiger partial charge in [-0.15, -0.1) is 0 Å². The average molecular weight is 426 g/mol. The summed E-state index contributed by atoms with van der Waals surface area (Å²) in [6, 6.07) is 10.7. The van der Waals surface area contributed by atoms with Gasteiger partial charge >= 0.3 is 16.2 Å². The zero-order chi connectivity index (χ0) is 18.0. The van der Waals surface area contributed by atoms with E-state index in [1.54, 1.807) is 12.1 Å². The lowest BCUT2D eigenvalue weighted by molar-refractivity contribution is 0.186. The molecule has 10 heteroatoms. The number of methoxy groups -OCH3 is 1. The Bertz CT molecular complexity index is 1030. The number of nitrogens with one attached hydrogen (secondary N) is 2. The molecule has 1 heterocycles. The van der Waals surface area contributed by atoms with Crippen LogP contribution in [0, 0.1) is 0 Å². The number of carbonyl (C=O) groups excluding carboxylic acids is 1. The summed E-state index contributed by atoms with van der Waals surface area (Å²) < 4.78 is 35.2. The molecule has 0 atom stereocenters. The first-order chi connectivity index (χ1) is 11.9. The number of hydrogen-bond donors (Lipinski definition) is 2. The summed E-state index contributed by atoms with van der Waals surface area (Å²) in [5.41, 5.74) is 0.904. The first kappa shape index (κ1) is 17.2. The summed E-state index contributed by atoms with van der Waals surface area (Å²) in [6.45, 7) is 0. The number of ether oxygens (including phenoxy) is 1. The number of aromatic nitrogens is 2. The summed E-state index contributed by atoms with van der Waals surface area (Å²) in [5, 5.41) is 2.37. The van der Waals surface area contributed by atoms with Crippen molar-refractivity contribution < 1.29 is 22.1 Å². The van der Waals surface area contributed by atoms with Crippen molar-refractivity contribution in [2.24, 2.45) is 0 Å². The van der Waals surface area contributed by atoms with Crippen LogP contribution in [0.25, 0.3) is 11.0 Å². The molecular formula is C15H12BrN3O5S. The molecule has 3 aromatic rings. The molecule has 1 amide bonds. The van der Waals surface area contributed by atoms with Gasteiger partial charge in [0.2, 0.25) is 5.95 Å². The number of imidazole rings is 1. The molecule has 0 aliphatic rings. The standard InChI is InChI=1S/C15H12BrN3O5S/c1-23-15(20)19-14-17-12-7-6-11(8-13(12)18-14)25(21,22)24-10-4-2-9(16)3-5-10/h2-8H,1H3,(H2,17,18,19,20). The molecule has 0 unspecified atom stereocenters. The van der Waals surface area contributed by atoms with Gasteiger partial charge in [0.25, 0.3) is 0 Å². The summed E-state index contributed by atoms with van der Waals surface area (Å²) in [7, 11) is -2.79. The molecule has 0 radical (unpaired) electrons. The van der Waals surface area contributed by atoms with Crippen LogP contribution in [0.2, 0.25) is 0 Å². The third kappa shape index (κ3) is 3.91. The van der Waals surface area contributed by atoms with E-state index in [0.29, 0.717) is 11.0 Å². The van der Waals surface area contributed by atoms with E-state index >= 15 is 0 Å². The van der Waals surface area contributed by atoms with Crippen LogP contribution < -0.4 is 9.50 Å². The first-order valence-electron chi connectivity index (χ1n) is 6.92. The lowest BCUT2D eigenvalue weighted by Gasteiger charge is -2.06. The molecule has 0 bridgehead atoms. The highest BCUT2D eigenvalue weighted by Crippen LogP contribution is 2.24. The fourth-order valence-corrected chi connectivity index (χ4v) is 3.23. The smallest absolute Gasteiger partial charge is 0.413 e. The van der Waals surface area contributed by atoms with Gasteiger partial charge in [-0.25, -0.2) is 9.78 Å². The molecule has 8 nitrogen and oxygen atoms in total. The van der Waals surface area contributed by atoms with Gasteiger partial charge in [-0.1, -0.05) is 15.9 Å². The third-order valence-corrected chi connectivity index (χ3v) is 4.94. The summed E-state index contributed by atoms with van der Waals surface area (Å²) in [4.78, 5) is 18.1. The van der Waals surface area contributed by atoms with Gasteiger partial charge in [0.1, 0.15) is 10.6 Å². The zero-order valence-electron chi connectivity index (χ0n) is 12.8. The molecule has 0 saturated carbocycles. The lowest BCUT2D eigenvalue weighted by Crippen LogP contribution is -2.11. The Kier molecular flexibility index (Phi) is 4.64. The van der Waals surface area contributed by atoms with Crippen molar-refractivity contribution >= 4 is 49.1 Å². The third-order valence-electron chi connectivity index (χ3n) is 3.17. The Morgan fingerprint density at radius 1 is 1.20 bits per heavy atom. The van der Waals surface area contributed by atoms with Crippen LogP contribution in [0.1, 0.15) is 0 Å². The molecule has 2 aromatic carbocycles. The minimum Gasteiger partial charge on any atom is -0.453 e. The summed E-state index contributed by atoms with van der Waals surface area (Å²) in [5.74, 6) is 0.337. The number of hydrogen-bond acceptors (Lipinski definition) is 6. The van der Waals surface area contributed by atoms with Gasteiger partial charge in [0.05, 0.1) is 18.1 Å². The number of carbonyl (C=O) groups is 1. The molecule has 0 aliphatic carbocycles. The molecule has 130 valence electrons. The topological polar surface area (TPSA) is 110 Å². The molecule has 0 spiro atoms. The number of nitrogens with zero attached hydrogens (tertiary/aromatic N) is 1. The average Bonchev–Trinajstić information content (AvgIpc) is 2.98. The number of aromatic amines is 1. The fraction of sp³-hybridized carbons (Fsp3) is 0.0667. The second-order valence-corrected chi connectivity index (χ2v) is 7.33. The molecule has 0 saturated heterocycles. The monoisotopic (exact) mass is 425 g/mol. The van der Waals surface area contributed by atoms with Crippen LogP contribution >= 0.6 is 15.9 Å². The first-order valence-corrected chi connectivity index (χ1v) is 9.12. The molecular weight excluding hydrogens is 414 g/mol. The number of halogens is 1. The molecule has 25 heavy (non-hydrogen) atoms. The Balaban J connectivity index is 1.89. The van der Waals surface area contributed by atoms with E-state index < -0.39 is 16.2 Å². The number of rotatable bonds is 4. The van der Waals surface area contributed by atoms with E-state index in [2.05, 4.69) is 36.0 Å². The number of fused-ring (bicyclic) bond motifs is 1. The number of anilines is 1. The Morgan fingerprint density at radius 3 is 2.60 bits per heavy atom. The normalized spacial score (nSPS) is 11.3. The minimum absolute atomic E-state index is 0.0564. The second-order valence-electron chi connectivity index (χ2n) is 4.87. The van der Waals surface area contributed by atoms with E-state index in [-0.39, 0.29) is 16.6 Å². The predicted octanol–water partition coefficient (Wildman–Crippen LogP) is 3.27. The quantitative estimate of drug-likeness (QED) is 0.620. The van der Waals surface area contributed by atoms with Crippen molar-refractivity contribution in [2.75, 3.05) is 12.4 Å². The van der Waals surface area contributed by atoms with Gasteiger partial charge in [0.15, 0.2) is 0 Å². The molecule has 1 aromatic heterocycles. The minimum atomic E-state index is -4.02. The zero-order valence-corrected chi connectivity index (χ0v) is 15.2. The van der Waals surface area contributed by atoms with E-state index in [4.69, 9.17) is 4.18 Å². The number of H-pyrrole nitrogens is 1.